The van der Waals surface area contributed by atoms with E-state index in [4.69, 9.17) is 5.73 Å². The number of amides is 1. The largest absolute Gasteiger partial charge is 0.340 e. The average molecular weight is 288 g/mol. The van der Waals surface area contributed by atoms with Crippen LogP contribution in [0.25, 0.3) is 0 Å². The molecule has 20 heavy (non-hydrogen) atoms. The number of carbonyl (C=O) groups excluding carboxylic acids is 1. The zero-order chi connectivity index (χ0) is 15.4. The predicted octanol–water partition coefficient (Wildman–Crippen LogP) is 2.44. The summed E-state index contributed by atoms with van der Waals surface area (Å²) < 4.78 is 39.0. The van der Waals surface area contributed by atoms with Gasteiger partial charge in [-0.3, -0.25) is 4.79 Å². The van der Waals surface area contributed by atoms with Gasteiger partial charge < -0.3 is 10.6 Å². The number of benzene rings is 1. The topological polar surface area (TPSA) is 46.3 Å². The van der Waals surface area contributed by atoms with Crippen molar-refractivity contribution >= 4 is 5.91 Å². The van der Waals surface area contributed by atoms with Crippen LogP contribution < -0.4 is 5.73 Å². The first-order chi connectivity index (χ1) is 9.27. The molecule has 0 saturated heterocycles. The van der Waals surface area contributed by atoms with Crippen molar-refractivity contribution < 1.29 is 18.0 Å². The lowest BCUT2D eigenvalue weighted by Crippen LogP contribution is -2.45. The summed E-state index contributed by atoms with van der Waals surface area (Å²) in [6.45, 7) is 3.74. The summed E-state index contributed by atoms with van der Waals surface area (Å²) in [5.74, 6) is -4.37. The molecule has 1 amide bonds. The molecule has 1 aromatic rings. The molecule has 0 saturated carbocycles. The van der Waals surface area contributed by atoms with Gasteiger partial charge in [0.2, 0.25) is 5.91 Å². The molecule has 0 heterocycles. The Balaban J connectivity index is 2.80. The Kier molecular flexibility index (Phi) is 5.56. The van der Waals surface area contributed by atoms with Crippen LogP contribution in [0.2, 0.25) is 0 Å². The highest BCUT2D eigenvalue weighted by Crippen LogP contribution is 2.16. The van der Waals surface area contributed by atoms with Crippen LogP contribution in [-0.2, 0) is 11.3 Å². The van der Waals surface area contributed by atoms with Crippen molar-refractivity contribution in [3.05, 3.63) is 35.1 Å². The molecule has 0 aliphatic carbocycles. The van der Waals surface area contributed by atoms with E-state index in [2.05, 4.69) is 0 Å². The van der Waals surface area contributed by atoms with Gasteiger partial charge in [0.1, 0.15) is 0 Å². The van der Waals surface area contributed by atoms with E-state index < -0.39 is 23.5 Å². The van der Waals surface area contributed by atoms with Crippen molar-refractivity contribution in [1.29, 1.82) is 0 Å². The number of likely N-dealkylation sites (N-methyl/N-ethyl adjacent to an activating group) is 1. The van der Waals surface area contributed by atoms with Gasteiger partial charge in [-0.2, -0.15) is 0 Å². The molecule has 0 aliphatic rings. The fraction of sp³-hybridized carbons (Fsp3) is 0.500. The monoisotopic (exact) mass is 288 g/mol. The van der Waals surface area contributed by atoms with Gasteiger partial charge in [0.25, 0.3) is 0 Å². The Labute approximate surface area is 116 Å². The quantitative estimate of drug-likeness (QED) is 0.846. The van der Waals surface area contributed by atoms with Gasteiger partial charge in [0.05, 0.1) is 6.04 Å². The van der Waals surface area contributed by atoms with E-state index >= 15 is 0 Å². The highest BCUT2D eigenvalue weighted by molar-refractivity contribution is 5.81. The van der Waals surface area contributed by atoms with Gasteiger partial charge in [-0.05, 0) is 23.6 Å². The third kappa shape index (κ3) is 3.72. The molecular formula is C14H19F3N2O. The molecule has 2 atom stereocenters. The van der Waals surface area contributed by atoms with E-state index in [0.717, 1.165) is 18.6 Å². The summed E-state index contributed by atoms with van der Waals surface area (Å²) in [5.41, 5.74) is 5.99. The van der Waals surface area contributed by atoms with E-state index in [9.17, 15) is 18.0 Å². The number of hydrogen-bond acceptors (Lipinski definition) is 2. The molecule has 0 spiro atoms. The third-order valence-corrected chi connectivity index (χ3v) is 3.38. The third-order valence-electron chi connectivity index (χ3n) is 3.38. The van der Waals surface area contributed by atoms with Crippen molar-refractivity contribution in [2.45, 2.75) is 32.9 Å². The van der Waals surface area contributed by atoms with Crippen molar-refractivity contribution in [3.8, 4) is 0 Å². The Morgan fingerprint density at radius 1 is 1.30 bits per heavy atom. The van der Waals surface area contributed by atoms with Crippen molar-refractivity contribution in [1.82, 2.24) is 4.90 Å². The summed E-state index contributed by atoms with van der Waals surface area (Å²) in [6, 6.07) is 1.08. The van der Waals surface area contributed by atoms with Crippen molar-refractivity contribution in [2.75, 3.05) is 7.05 Å². The summed E-state index contributed by atoms with van der Waals surface area (Å²) in [4.78, 5) is 13.3. The minimum atomic E-state index is -1.51. The average Bonchev–Trinajstić information content (AvgIpc) is 2.41. The minimum Gasteiger partial charge on any atom is -0.340 e. The fourth-order valence-corrected chi connectivity index (χ4v) is 1.80. The number of nitrogens with zero attached hydrogens (tertiary/aromatic N) is 1. The molecule has 3 nitrogen and oxygen atoms in total. The maximum Gasteiger partial charge on any atom is 0.239 e. The van der Waals surface area contributed by atoms with Gasteiger partial charge in [0.15, 0.2) is 17.5 Å². The van der Waals surface area contributed by atoms with Crippen LogP contribution in [0.3, 0.4) is 0 Å². The molecule has 2 unspecified atom stereocenters. The summed E-state index contributed by atoms with van der Waals surface area (Å²) in [6.07, 6.45) is 0.751. The molecule has 112 valence electrons. The second kappa shape index (κ2) is 6.74. The van der Waals surface area contributed by atoms with Crippen LogP contribution in [0, 0.1) is 23.4 Å². The van der Waals surface area contributed by atoms with E-state index in [1.165, 1.54) is 11.9 Å². The molecular weight excluding hydrogens is 269 g/mol. The molecule has 1 rings (SSSR count). The molecule has 0 fully saturated rings. The van der Waals surface area contributed by atoms with Crippen LogP contribution >= 0.6 is 0 Å². The summed E-state index contributed by atoms with van der Waals surface area (Å²) >= 11 is 0. The van der Waals surface area contributed by atoms with E-state index in [0.29, 0.717) is 0 Å². The lowest BCUT2D eigenvalue weighted by molar-refractivity contribution is -0.132. The van der Waals surface area contributed by atoms with Crippen LogP contribution in [0.5, 0.6) is 0 Å². The molecule has 2 N–H and O–H groups in total. The van der Waals surface area contributed by atoms with E-state index in [-0.39, 0.29) is 23.9 Å². The normalized spacial score (nSPS) is 13.9. The van der Waals surface area contributed by atoms with Crippen LogP contribution in [0.1, 0.15) is 25.8 Å². The minimum absolute atomic E-state index is 0.00615. The molecule has 0 aliphatic heterocycles. The van der Waals surface area contributed by atoms with Crippen molar-refractivity contribution in [3.63, 3.8) is 0 Å². The summed E-state index contributed by atoms with van der Waals surface area (Å²) in [5, 5.41) is 0. The van der Waals surface area contributed by atoms with Gasteiger partial charge in [-0.25, -0.2) is 13.2 Å². The number of hydrogen-bond donors (Lipinski definition) is 1. The fourth-order valence-electron chi connectivity index (χ4n) is 1.80. The molecule has 0 radical (unpaired) electrons. The zero-order valence-corrected chi connectivity index (χ0v) is 11.8. The SMILES string of the molecule is CCC(C)C(N)C(=O)N(C)Cc1cc(F)c(F)c(F)c1. The number of rotatable bonds is 5. The first-order valence-corrected chi connectivity index (χ1v) is 6.41. The Bertz CT molecular complexity index is 470. The maximum absolute atomic E-state index is 13.1. The Hall–Kier alpha value is -1.56. The number of carbonyl (C=O) groups is 1. The second-order valence-electron chi connectivity index (χ2n) is 4.98. The smallest absolute Gasteiger partial charge is 0.239 e. The summed E-state index contributed by atoms with van der Waals surface area (Å²) in [7, 11) is 1.49. The zero-order valence-electron chi connectivity index (χ0n) is 11.8. The molecule has 6 heteroatoms. The first kappa shape index (κ1) is 16.5. The first-order valence-electron chi connectivity index (χ1n) is 6.41. The van der Waals surface area contributed by atoms with Gasteiger partial charge in [-0.1, -0.05) is 20.3 Å². The molecule has 0 aromatic heterocycles. The van der Waals surface area contributed by atoms with Gasteiger partial charge in [0, 0.05) is 13.6 Å². The second-order valence-corrected chi connectivity index (χ2v) is 4.98. The Morgan fingerprint density at radius 3 is 2.25 bits per heavy atom. The van der Waals surface area contributed by atoms with Gasteiger partial charge >= 0.3 is 0 Å². The van der Waals surface area contributed by atoms with Crippen LogP contribution in [-0.4, -0.2) is 23.9 Å². The lowest BCUT2D eigenvalue weighted by atomic mass is 9.99. The maximum atomic E-state index is 13.1. The highest BCUT2D eigenvalue weighted by atomic mass is 19.2. The molecule has 0 bridgehead atoms. The van der Waals surface area contributed by atoms with Crippen molar-refractivity contribution in [2.24, 2.45) is 11.7 Å². The number of nitrogens with two attached hydrogens (primary N) is 1. The highest BCUT2D eigenvalue weighted by Gasteiger charge is 2.23. The standard InChI is InChI=1S/C14H19F3N2O/c1-4-8(2)13(18)14(20)19(3)7-9-5-10(15)12(17)11(16)6-9/h5-6,8,13H,4,7,18H2,1-3H3. The van der Waals surface area contributed by atoms with Gasteiger partial charge in [-0.15, -0.1) is 0 Å². The predicted molar refractivity (Wildman–Crippen MR) is 70.2 cm³/mol. The number of halogens is 3. The lowest BCUT2D eigenvalue weighted by Gasteiger charge is -2.24. The molecule has 1 aromatic carbocycles. The van der Waals surface area contributed by atoms with Crippen LogP contribution in [0.4, 0.5) is 13.2 Å². The van der Waals surface area contributed by atoms with E-state index in [1.807, 2.05) is 13.8 Å². The Morgan fingerprint density at radius 2 is 1.80 bits per heavy atom. The van der Waals surface area contributed by atoms with Crippen LogP contribution in [0.15, 0.2) is 12.1 Å². The van der Waals surface area contributed by atoms with E-state index in [1.54, 1.807) is 0 Å².